The molecule has 7 heteroatoms. The number of amides is 2. The highest BCUT2D eigenvalue weighted by molar-refractivity contribution is 5.96. The van der Waals surface area contributed by atoms with Gasteiger partial charge in [-0.1, -0.05) is 24.3 Å². The lowest BCUT2D eigenvalue weighted by molar-refractivity contribution is -0.135. The van der Waals surface area contributed by atoms with Gasteiger partial charge < -0.3 is 0 Å². The molecule has 3 rings (SSSR count). The number of hydrogen-bond acceptors (Lipinski definition) is 4. The second-order valence-corrected chi connectivity index (χ2v) is 5.50. The molecule has 2 heterocycles. The smallest absolute Gasteiger partial charge is 0.268 e. The predicted octanol–water partition coefficient (Wildman–Crippen LogP) is 1.74. The average molecular weight is 325 g/mol. The zero-order valence-electron chi connectivity index (χ0n) is 13.7. The Hall–Kier alpha value is -2.96. The molecule has 0 aliphatic carbocycles. The molecule has 0 N–H and O–H groups in total. The topological polar surface area (TPSA) is 71.3 Å². The van der Waals surface area contributed by atoms with E-state index < -0.39 is 0 Å². The van der Waals surface area contributed by atoms with Crippen molar-refractivity contribution in [3.05, 3.63) is 53.9 Å². The molecule has 124 valence electrons. The molecule has 1 aromatic heterocycles. The van der Waals surface area contributed by atoms with Crippen LogP contribution in [0.2, 0.25) is 0 Å². The van der Waals surface area contributed by atoms with E-state index in [0.717, 1.165) is 12.1 Å². The van der Waals surface area contributed by atoms with E-state index in [0.29, 0.717) is 18.8 Å². The first-order chi connectivity index (χ1) is 11.6. The SMILES string of the molecule is CC=CC(=O)N1CCCN1C(=O)c1nn(-c2ccccc2)nc1C. The fourth-order valence-electron chi connectivity index (χ4n) is 2.66. The third kappa shape index (κ3) is 2.92. The van der Waals surface area contributed by atoms with E-state index in [1.54, 1.807) is 19.9 Å². The number of aromatic nitrogens is 3. The van der Waals surface area contributed by atoms with Crippen LogP contribution in [0.15, 0.2) is 42.5 Å². The first kappa shape index (κ1) is 15.9. The van der Waals surface area contributed by atoms with Crippen molar-refractivity contribution in [2.45, 2.75) is 20.3 Å². The lowest BCUT2D eigenvalue weighted by Crippen LogP contribution is -2.44. The number of allylic oxidation sites excluding steroid dienone is 1. The Morgan fingerprint density at radius 3 is 2.50 bits per heavy atom. The number of benzene rings is 1. The molecule has 0 bridgehead atoms. The van der Waals surface area contributed by atoms with Crippen molar-refractivity contribution in [3.8, 4) is 5.69 Å². The summed E-state index contributed by atoms with van der Waals surface area (Å²) in [6.45, 7) is 4.55. The Labute approximate surface area is 140 Å². The summed E-state index contributed by atoms with van der Waals surface area (Å²) in [6.07, 6.45) is 3.88. The van der Waals surface area contributed by atoms with Gasteiger partial charge in [-0.3, -0.25) is 9.59 Å². The van der Waals surface area contributed by atoms with Crippen LogP contribution in [-0.4, -0.2) is 49.9 Å². The minimum Gasteiger partial charge on any atom is -0.268 e. The number of hydrazine groups is 1. The molecule has 24 heavy (non-hydrogen) atoms. The van der Waals surface area contributed by atoms with Gasteiger partial charge in [0.05, 0.1) is 11.4 Å². The van der Waals surface area contributed by atoms with Crippen LogP contribution in [0.1, 0.15) is 29.5 Å². The van der Waals surface area contributed by atoms with Gasteiger partial charge >= 0.3 is 0 Å². The summed E-state index contributed by atoms with van der Waals surface area (Å²) in [5.41, 5.74) is 1.58. The minimum absolute atomic E-state index is 0.198. The monoisotopic (exact) mass is 325 g/mol. The lowest BCUT2D eigenvalue weighted by atomic mass is 10.3. The molecule has 0 unspecified atom stereocenters. The van der Waals surface area contributed by atoms with E-state index >= 15 is 0 Å². The Kier molecular flexibility index (Phi) is 4.41. The van der Waals surface area contributed by atoms with Crippen LogP contribution < -0.4 is 0 Å². The molecule has 1 aromatic carbocycles. The minimum atomic E-state index is -0.301. The predicted molar refractivity (Wildman–Crippen MR) is 88.3 cm³/mol. The van der Waals surface area contributed by atoms with Crippen LogP contribution in [-0.2, 0) is 4.79 Å². The van der Waals surface area contributed by atoms with Crippen molar-refractivity contribution in [3.63, 3.8) is 0 Å². The fourth-order valence-corrected chi connectivity index (χ4v) is 2.66. The van der Waals surface area contributed by atoms with E-state index in [1.807, 2.05) is 30.3 Å². The summed E-state index contributed by atoms with van der Waals surface area (Å²) >= 11 is 0. The Bertz CT molecular complexity index is 782. The number of carbonyl (C=O) groups is 2. The van der Waals surface area contributed by atoms with Gasteiger partial charge in [-0.15, -0.1) is 5.10 Å². The Morgan fingerprint density at radius 1 is 1.08 bits per heavy atom. The van der Waals surface area contributed by atoms with E-state index in [4.69, 9.17) is 0 Å². The van der Waals surface area contributed by atoms with Crippen LogP contribution >= 0.6 is 0 Å². The molecule has 0 atom stereocenters. The molecule has 2 aromatic rings. The van der Waals surface area contributed by atoms with Crippen LogP contribution in [0.4, 0.5) is 0 Å². The van der Waals surface area contributed by atoms with Crippen molar-refractivity contribution in [2.75, 3.05) is 13.1 Å². The molecule has 1 fully saturated rings. The highest BCUT2D eigenvalue weighted by atomic mass is 16.2. The molecule has 0 radical (unpaired) electrons. The maximum atomic E-state index is 12.8. The van der Waals surface area contributed by atoms with Gasteiger partial charge in [-0.25, -0.2) is 10.0 Å². The van der Waals surface area contributed by atoms with Gasteiger partial charge in [-0.2, -0.15) is 9.90 Å². The van der Waals surface area contributed by atoms with E-state index in [1.165, 1.54) is 20.9 Å². The third-order valence-electron chi connectivity index (χ3n) is 3.80. The molecule has 1 aliphatic heterocycles. The van der Waals surface area contributed by atoms with E-state index in [-0.39, 0.29) is 17.5 Å². The molecule has 0 saturated carbocycles. The van der Waals surface area contributed by atoms with Gasteiger partial charge in [-0.05, 0) is 32.4 Å². The zero-order valence-corrected chi connectivity index (χ0v) is 13.7. The van der Waals surface area contributed by atoms with Crippen LogP contribution in [0, 0.1) is 6.92 Å². The summed E-state index contributed by atoms with van der Waals surface area (Å²) in [5, 5.41) is 11.6. The maximum Gasteiger partial charge on any atom is 0.294 e. The molecule has 2 amide bonds. The number of hydrogen-bond donors (Lipinski definition) is 0. The first-order valence-electron chi connectivity index (χ1n) is 7.87. The quantitative estimate of drug-likeness (QED) is 0.806. The maximum absolute atomic E-state index is 12.8. The summed E-state index contributed by atoms with van der Waals surface area (Å²) in [4.78, 5) is 26.4. The van der Waals surface area contributed by atoms with Gasteiger partial charge in [0.15, 0.2) is 5.69 Å². The van der Waals surface area contributed by atoms with Crippen LogP contribution in [0.5, 0.6) is 0 Å². The Morgan fingerprint density at radius 2 is 1.79 bits per heavy atom. The highest BCUT2D eigenvalue weighted by Gasteiger charge is 2.32. The fraction of sp³-hybridized carbons (Fsp3) is 0.294. The third-order valence-corrected chi connectivity index (χ3v) is 3.80. The summed E-state index contributed by atoms with van der Waals surface area (Å²) in [5.74, 6) is -0.499. The van der Waals surface area contributed by atoms with Crippen LogP contribution in [0.3, 0.4) is 0 Å². The number of nitrogens with zero attached hydrogens (tertiary/aromatic N) is 5. The van der Waals surface area contributed by atoms with Gasteiger partial charge in [0, 0.05) is 19.2 Å². The number of aryl methyl sites for hydroxylation is 1. The normalized spacial score (nSPS) is 14.6. The largest absolute Gasteiger partial charge is 0.294 e. The number of carbonyl (C=O) groups excluding carboxylic acids is 2. The van der Waals surface area contributed by atoms with Gasteiger partial charge in [0.25, 0.3) is 11.8 Å². The summed E-state index contributed by atoms with van der Waals surface area (Å²) < 4.78 is 0. The van der Waals surface area contributed by atoms with Crippen molar-refractivity contribution < 1.29 is 9.59 Å². The first-order valence-corrected chi connectivity index (χ1v) is 7.87. The lowest BCUT2D eigenvalue weighted by Gasteiger charge is -2.26. The van der Waals surface area contributed by atoms with Crippen molar-refractivity contribution in [2.24, 2.45) is 0 Å². The van der Waals surface area contributed by atoms with Gasteiger partial charge in [0.1, 0.15) is 0 Å². The van der Waals surface area contributed by atoms with Crippen LogP contribution in [0.25, 0.3) is 5.69 Å². The molecule has 0 spiro atoms. The molecule has 1 aliphatic rings. The molecule has 7 nitrogen and oxygen atoms in total. The molecular weight excluding hydrogens is 306 g/mol. The highest BCUT2D eigenvalue weighted by Crippen LogP contribution is 2.17. The van der Waals surface area contributed by atoms with Crippen molar-refractivity contribution in [1.29, 1.82) is 0 Å². The standard InChI is InChI=1S/C17H19N5O2/c1-3-8-15(23)20-11-7-12-21(20)17(24)16-13(2)18-22(19-16)14-9-5-4-6-10-14/h3-6,8-10H,7,11-12H2,1-2H3. The summed E-state index contributed by atoms with van der Waals surface area (Å²) in [6, 6.07) is 9.40. The van der Waals surface area contributed by atoms with Crippen molar-refractivity contribution in [1.82, 2.24) is 25.0 Å². The average Bonchev–Trinajstić information content (AvgIpc) is 3.22. The zero-order chi connectivity index (χ0) is 17.1. The second kappa shape index (κ2) is 6.66. The van der Waals surface area contributed by atoms with Gasteiger partial charge in [0.2, 0.25) is 0 Å². The molecule has 1 saturated heterocycles. The van der Waals surface area contributed by atoms with E-state index in [9.17, 15) is 9.59 Å². The van der Waals surface area contributed by atoms with E-state index in [2.05, 4.69) is 10.2 Å². The number of para-hydroxylation sites is 1. The Balaban J connectivity index is 1.87. The summed E-state index contributed by atoms with van der Waals surface area (Å²) in [7, 11) is 0. The second-order valence-electron chi connectivity index (χ2n) is 5.50. The van der Waals surface area contributed by atoms with Crippen molar-refractivity contribution >= 4 is 11.8 Å². The number of rotatable bonds is 3. The molecular formula is C17H19N5O2.